The highest BCUT2D eigenvalue weighted by Gasteiger charge is 2.20. The first kappa shape index (κ1) is 15.8. The van der Waals surface area contributed by atoms with Gasteiger partial charge in [0.15, 0.2) is 5.78 Å². The molecule has 21 heavy (non-hydrogen) atoms. The molecule has 0 fully saturated rings. The highest BCUT2D eigenvalue weighted by Crippen LogP contribution is 2.35. The van der Waals surface area contributed by atoms with Crippen molar-refractivity contribution < 1.29 is 19.1 Å². The molecule has 0 saturated heterocycles. The summed E-state index contributed by atoms with van der Waals surface area (Å²) in [4.78, 5) is 24.2. The summed E-state index contributed by atoms with van der Waals surface area (Å²) in [6, 6.07) is 5.37. The molecule has 0 amide bonds. The van der Waals surface area contributed by atoms with Gasteiger partial charge in [-0.2, -0.15) is 0 Å². The summed E-state index contributed by atoms with van der Waals surface area (Å²) in [5.41, 5.74) is 0. The Bertz CT molecular complexity index is 692. The van der Waals surface area contributed by atoms with Crippen LogP contribution in [0, 0.1) is 5.92 Å². The van der Waals surface area contributed by atoms with Crippen molar-refractivity contribution in [2.24, 2.45) is 5.92 Å². The summed E-state index contributed by atoms with van der Waals surface area (Å²) >= 11 is 7.44. The van der Waals surface area contributed by atoms with Gasteiger partial charge in [-0.3, -0.25) is 9.59 Å². The quantitative estimate of drug-likeness (QED) is 0.616. The summed E-state index contributed by atoms with van der Waals surface area (Å²) in [5, 5.41) is 1.39. The lowest BCUT2D eigenvalue weighted by molar-refractivity contribution is -0.144. The van der Waals surface area contributed by atoms with E-state index in [2.05, 4.69) is 4.74 Å². The summed E-state index contributed by atoms with van der Waals surface area (Å²) < 4.78 is 10.7. The Balaban J connectivity index is 2.26. The van der Waals surface area contributed by atoms with Crippen LogP contribution in [0.3, 0.4) is 0 Å². The maximum Gasteiger partial charge on any atom is 0.308 e. The zero-order valence-corrected chi connectivity index (χ0v) is 13.5. The van der Waals surface area contributed by atoms with E-state index in [1.54, 1.807) is 26.2 Å². The fourth-order valence-electron chi connectivity index (χ4n) is 2.00. The number of ether oxygens (including phenoxy) is 2. The molecule has 2 aromatic rings. The Morgan fingerprint density at radius 1 is 1.29 bits per heavy atom. The summed E-state index contributed by atoms with van der Waals surface area (Å²) in [7, 11) is 2.86. The number of esters is 1. The van der Waals surface area contributed by atoms with E-state index in [1.807, 2.05) is 6.07 Å². The molecule has 1 aromatic carbocycles. The number of hydrogen-bond donors (Lipinski definition) is 0. The van der Waals surface area contributed by atoms with E-state index >= 15 is 0 Å². The summed E-state index contributed by atoms with van der Waals surface area (Å²) in [5.74, 6) is -0.336. The molecule has 0 spiro atoms. The zero-order chi connectivity index (χ0) is 15.6. The second-order valence-corrected chi connectivity index (χ2v) is 6.18. The molecule has 1 atom stereocenters. The maximum atomic E-state index is 12.2. The number of Topliss-reactive ketones (excluding diaryl/α,β-unsaturated/α-hetero) is 1. The van der Waals surface area contributed by atoms with Gasteiger partial charge in [-0.1, -0.05) is 18.5 Å². The third-order valence-electron chi connectivity index (χ3n) is 3.16. The van der Waals surface area contributed by atoms with Gasteiger partial charge in [0.25, 0.3) is 0 Å². The molecule has 0 aliphatic heterocycles. The maximum absolute atomic E-state index is 12.2. The van der Waals surface area contributed by atoms with Crippen molar-refractivity contribution in [3.05, 3.63) is 28.1 Å². The molecule has 1 heterocycles. The normalized spacial score (nSPS) is 12.2. The molecule has 1 aromatic heterocycles. The van der Waals surface area contributed by atoms with Gasteiger partial charge in [0, 0.05) is 11.1 Å². The van der Waals surface area contributed by atoms with E-state index < -0.39 is 5.92 Å². The SMILES string of the molecule is COC(=O)[C@@H](C)CC(=O)c1cc2cc(Cl)c(OC)cc2s1. The Kier molecular flexibility index (Phi) is 4.85. The minimum atomic E-state index is -0.453. The van der Waals surface area contributed by atoms with Gasteiger partial charge >= 0.3 is 5.97 Å². The minimum Gasteiger partial charge on any atom is -0.495 e. The molecule has 0 N–H and O–H groups in total. The van der Waals surface area contributed by atoms with Crippen molar-refractivity contribution in [3.8, 4) is 5.75 Å². The number of rotatable bonds is 5. The Labute approximate surface area is 131 Å². The molecule has 0 saturated carbocycles. The average Bonchev–Trinajstić information content (AvgIpc) is 2.87. The summed E-state index contributed by atoms with van der Waals surface area (Å²) in [6.07, 6.45) is 0.129. The smallest absolute Gasteiger partial charge is 0.308 e. The monoisotopic (exact) mass is 326 g/mol. The van der Waals surface area contributed by atoms with Crippen molar-refractivity contribution in [1.82, 2.24) is 0 Å². The lowest BCUT2D eigenvalue weighted by Gasteiger charge is -2.06. The molecule has 112 valence electrons. The van der Waals surface area contributed by atoms with Crippen LogP contribution in [0.2, 0.25) is 5.02 Å². The van der Waals surface area contributed by atoms with Crippen molar-refractivity contribution in [1.29, 1.82) is 0 Å². The van der Waals surface area contributed by atoms with Crippen LogP contribution in [0.25, 0.3) is 10.1 Å². The Morgan fingerprint density at radius 2 is 2.00 bits per heavy atom. The second kappa shape index (κ2) is 6.45. The van der Waals surface area contributed by atoms with Gasteiger partial charge in [0.2, 0.25) is 0 Å². The molecular weight excluding hydrogens is 312 g/mol. The zero-order valence-electron chi connectivity index (χ0n) is 11.9. The van der Waals surface area contributed by atoms with Crippen molar-refractivity contribution >= 4 is 44.8 Å². The topological polar surface area (TPSA) is 52.6 Å². The van der Waals surface area contributed by atoms with Crippen LogP contribution in [-0.4, -0.2) is 26.0 Å². The number of fused-ring (bicyclic) bond motifs is 1. The predicted octanol–water partition coefficient (Wildman–Crippen LogP) is 3.95. The number of benzene rings is 1. The van der Waals surface area contributed by atoms with Crippen LogP contribution in [0.4, 0.5) is 0 Å². The van der Waals surface area contributed by atoms with Gasteiger partial charge in [-0.15, -0.1) is 11.3 Å². The molecule has 0 aliphatic rings. The van der Waals surface area contributed by atoms with Crippen molar-refractivity contribution in [2.75, 3.05) is 14.2 Å². The molecule has 0 aliphatic carbocycles. The summed E-state index contributed by atoms with van der Waals surface area (Å²) in [6.45, 7) is 1.68. The van der Waals surface area contributed by atoms with E-state index in [9.17, 15) is 9.59 Å². The van der Waals surface area contributed by atoms with Gasteiger partial charge in [-0.05, 0) is 23.6 Å². The predicted molar refractivity (Wildman–Crippen MR) is 83.5 cm³/mol. The number of methoxy groups -OCH3 is 2. The van der Waals surface area contributed by atoms with Gasteiger partial charge < -0.3 is 9.47 Å². The fraction of sp³-hybridized carbons (Fsp3) is 0.333. The third kappa shape index (κ3) is 3.36. The van der Waals surface area contributed by atoms with Gasteiger partial charge in [0.05, 0.1) is 30.0 Å². The molecule has 2 rings (SSSR count). The van der Waals surface area contributed by atoms with Crippen LogP contribution in [0.1, 0.15) is 23.0 Å². The molecule has 4 nitrogen and oxygen atoms in total. The van der Waals surface area contributed by atoms with E-state index in [0.29, 0.717) is 15.6 Å². The van der Waals surface area contributed by atoms with E-state index in [0.717, 1.165) is 10.1 Å². The third-order valence-corrected chi connectivity index (χ3v) is 4.59. The second-order valence-electron chi connectivity index (χ2n) is 4.69. The number of carbonyl (C=O) groups is 2. The van der Waals surface area contributed by atoms with E-state index in [1.165, 1.54) is 18.4 Å². The average molecular weight is 327 g/mol. The highest BCUT2D eigenvalue weighted by molar-refractivity contribution is 7.20. The molecular formula is C15H15ClO4S. The molecule has 0 bridgehead atoms. The van der Waals surface area contributed by atoms with Crippen LogP contribution in [0.5, 0.6) is 5.75 Å². The van der Waals surface area contributed by atoms with E-state index in [4.69, 9.17) is 16.3 Å². The lowest BCUT2D eigenvalue weighted by atomic mass is 10.0. The van der Waals surface area contributed by atoms with Crippen LogP contribution >= 0.6 is 22.9 Å². The molecule has 6 heteroatoms. The van der Waals surface area contributed by atoms with Gasteiger partial charge in [-0.25, -0.2) is 0 Å². The molecule has 0 unspecified atom stereocenters. The van der Waals surface area contributed by atoms with Crippen molar-refractivity contribution in [2.45, 2.75) is 13.3 Å². The lowest BCUT2D eigenvalue weighted by Crippen LogP contribution is -2.16. The number of ketones is 1. The number of thiophene rings is 1. The number of hydrogen-bond acceptors (Lipinski definition) is 5. The first-order chi connectivity index (χ1) is 9.96. The largest absolute Gasteiger partial charge is 0.495 e. The Hall–Kier alpha value is -1.59. The van der Waals surface area contributed by atoms with Crippen LogP contribution in [-0.2, 0) is 9.53 Å². The minimum absolute atomic E-state index is 0.0795. The first-order valence-corrected chi connectivity index (χ1v) is 7.53. The van der Waals surface area contributed by atoms with Crippen LogP contribution < -0.4 is 4.74 Å². The standard InChI is InChI=1S/C15H15ClO4S/c1-8(15(18)20-3)4-11(17)14-6-9-5-10(16)12(19-2)7-13(9)21-14/h5-8H,4H2,1-3H3/t8-/m0/s1. The fourth-order valence-corrected chi connectivity index (χ4v) is 3.27. The number of carbonyl (C=O) groups excluding carboxylic acids is 2. The molecule has 0 radical (unpaired) electrons. The highest BCUT2D eigenvalue weighted by atomic mass is 35.5. The first-order valence-electron chi connectivity index (χ1n) is 6.34. The van der Waals surface area contributed by atoms with E-state index in [-0.39, 0.29) is 18.2 Å². The van der Waals surface area contributed by atoms with Gasteiger partial charge in [0.1, 0.15) is 5.75 Å². The Morgan fingerprint density at radius 3 is 2.62 bits per heavy atom. The van der Waals surface area contributed by atoms with Crippen LogP contribution in [0.15, 0.2) is 18.2 Å². The number of halogens is 1. The van der Waals surface area contributed by atoms with Crippen molar-refractivity contribution in [3.63, 3.8) is 0 Å².